The normalized spacial score (nSPS) is 11.8. The Labute approximate surface area is 98.6 Å². The fourth-order valence-electron chi connectivity index (χ4n) is 1.03. The molecule has 0 aliphatic carbocycles. The molecule has 1 atom stereocenters. The standard InChI is InChI=1S/C9H10FN3O3S/c10-6-3-5(1-2-7(6)11)17(16)4-8(14)13-9(12)15/h1-3H,4,11H2,(H3,12,13,14,15). The predicted octanol–water partition coefficient (Wildman–Crippen LogP) is -0.290. The summed E-state index contributed by atoms with van der Waals surface area (Å²) in [6, 6.07) is 2.53. The molecule has 0 heterocycles. The third kappa shape index (κ3) is 3.83. The van der Waals surface area contributed by atoms with E-state index in [4.69, 9.17) is 11.5 Å². The van der Waals surface area contributed by atoms with Gasteiger partial charge >= 0.3 is 6.03 Å². The molecule has 1 aromatic carbocycles. The number of hydrogen-bond donors (Lipinski definition) is 3. The van der Waals surface area contributed by atoms with Crippen LogP contribution in [-0.4, -0.2) is 21.9 Å². The SMILES string of the molecule is NC(=O)NC(=O)CS(=O)c1ccc(N)c(F)c1. The lowest BCUT2D eigenvalue weighted by atomic mass is 10.3. The first-order valence-electron chi connectivity index (χ1n) is 4.43. The molecule has 1 unspecified atom stereocenters. The predicted molar refractivity (Wildman–Crippen MR) is 59.8 cm³/mol. The maximum absolute atomic E-state index is 13.1. The molecule has 0 aliphatic heterocycles. The van der Waals surface area contributed by atoms with Crippen LogP contribution in [0.2, 0.25) is 0 Å². The summed E-state index contributed by atoms with van der Waals surface area (Å²) in [5.41, 5.74) is 9.87. The highest BCUT2D eigenvalue weighted by molar-refractivity contribution is 7.85. The zero-order valence-corrected chi connectivity index (χ0v) is 9.42. The van der Waals surface area contributed by atoms with Gasteiger partial charge in [-0.05, 0) is 18.2 Å². The van der Waals surface area contributed by atoms with Crippen LogP contribution in [0, 0.1) is 5.82 Å². The Morgan fingerprint density at radius 1 is 1.41 bits per heavy atom. The number of carbonyl (C=O) groups excluding carboxylic acids is 2. The number of rotatable bonds is 3. The van der Waals surface area contributed by atoms with Crippen LogP contribution in [0.3, 0.4) is 0 Å². The highest BCUT2D eigenvalue weighted by Gasteiger charge is 2.12. The zero-order valence-electron chi connectivity index (χ0n) is 8.60. The number of amides is 3. The molecule has 8 heteroatoms. The third-order valence-corrected chi connectivity index (χ3v) is 3.06. The van der Waals surface area contributed by atoms with Crippen molar-refractivity contribution < 1.29 is 18.2 Å². The summed E-state index contributed by atoms with van der Waals surface area (Å²) in [5.74, 6) is -1.99. The minimum atomic E-state index is -1.76. The van der Waals surface area contributed by atoms with Crippen molar-refractivity contribution in [2.24, 2.45) is 5.73 Å². The summed E-state index contributed by atoms with van der Waals surface area (Å²) in [6.07, 6.45) is 0. The van der Waals surface area contributed by atoms with E-state index in [9.17, 15) is 18.2 Å². The van der Waals surface area contributed by atoms with Gasteiger partial charge in [-0.25, -0.2) is 9.18 Å². The fraction of sp³-hybridized carbons (Fsp3) is 0.111. The second-order valence-corrected chi connectivity index (χ2v) is 4.54. The molecule has 17 heavy (non-hydrogen) atoms. The molecule has 0 radical (unpaired) electrons. The average molecular weight is 259 g/mol. The van der Waals surface area contributed by atoms with Gasteiger partial charge in [0.25, 0.3) is 0 Å². The van der Waals surface area contributed by atoms with E-state index >= 15 is 0 Å². The van der Waals surface area contributed by atoms with Gasteiger partial charge in [-0.2, -0.15) is 0 Å². The number of primary amides is 1. The number of hydrogen-bond acceptors (Lipinski definition) is 4. The molecule has 0 aliphatic rings. The summed E-state index contributed by atoms with van der Waals surface area (Å²) >= 11 is 0. The number of nitrogen functional groups attached to an aromatic ring is 1. The zero-order chi connectivity index (χ0) is 13.0. The Balaban J connectivity index is 2.73. The Morgan fingerprint density at radius 2 is 2.06 bits per heavy atom. The number of imide groups is 1. The third-order valence-electron chi connectivity index (χ3n) is 1.76. The van der Waals surface area contributed by atoms with Gasteiger partial charge in [0.15, 0.2) is 0 Å². The number of benzene rings is 1. The Kier molecular flexibility index (Phi) is 4.16. The van der Waals surface area contributed by atoms with Crippen molar-refractivity contribution in [1.29, 1.82) is 0 Å². The quantitative estimate of drug-likeness (QED) is 0.647. The van der Waals surface area contributed by atoms with Crippen LogP contribution in [0.4, 0.5) is 14.9 Å². The number of nitrogens with two attached hydrogens (primary N) is 2. The van der Waals surface area contributed by atoms with Crippen LogP contribution in [-0.2, 0) is 15.6 Å². The smallest absolute Gasteiger partial charge is 0.318 e. The van der Waals surface area contributed by atoms with Crippen LogP contribution in [0.5, 0.6) is 0 Å². The van der Waals surface area contributed by atoms with Crippen LogP contribution in [0.25, 0.3) is 0 Å². The molecule has 0 bridgehead atoms. The summed E-state index contributed by atoms with van der Waals surface area (Å²) in [6.45, 7) is 0. The van der Waals surface area contributed by atoms with E-state index in [0.29, 0.717) is 0 Å². The lowest BCUT2D eigenvalue weighted by Gasteiger charge is -2.03. The van der Waals surface area contributed by atoms with Gasteiger partial charge in [0.2, 0.25) is 5.91 Å². The largest absolute Gasteiger partial charge is 0.396 e. The van der Waals surface area contributed by atoms with E-state index < -0.39 is 34.3 Å². The molecule has 0 aromatic heterocycles. The topological polar surface area (TPSA) is 115 Å². The Hall–Kier alpha value is -1.96. The highest BCUT2D eigenvalue weighted by Crippen LogP contribution is 2.14. The van der Waals surface area contributed by atoms with Gasteiger partial charge < -0.3 is 11.5 Å². The Bertz CT molecular complexity index is 492. The molecule has 1 rings (SSSR count). The molecule has 1 aromatic rings. The first kappa shape index (κ1) is 13.1. The molecule has 92 valence electrons. The number of carbonyl (C=O) groups is 2. The van der Waals surface area contributed by atoms with Crippen LogP contribution >= 0.6 is 0 Å². The minimum absolute atomic E-state index is 0.0765. The molecule has 0 fully saturated rings. The van der Waals surface area contributed by atoms with Crippen molar-refractivity contribution in [2.45, 2.75) is 4.90 Å². The van der Waals surface area contributed by atoms with Crippen molar-refractivity contribution >= 4 is 28.4 Å². The molecular formula is C9H10FN3O3S. The van der Waals surface area contributed by atoms with Crippen molar-refractivity contribution in [2.75, 3.05) is 11.5 Å². The van der Waals surface area contributed by atoms with E-state index in [1.807, 2.05) is 0 Å². The van der Waals surface area contributed by atoms with Gasteiger partial charge in [-0.15, -0.1) is 0 Å². The van der Waals surface area contributed by atoms with E-state index in [1.165, 1.54) is 12.1 Å². The molecule has 3 amide bonds. The number of urea groups is 1. The van der Waals surface area contributed by atoms with Crippen molar-refractivity contribution in [3.8, 4) is 0 Å². The second kappa shape index (κ2) is 5.39. The van der Waals surface area contributed by atoms with Crippen LogP contribution in [0.1, 0.15) is 0 Å². The van der Waals surface area contributed by atoms with Gasteiger partial charge in [0, 0.05) is 4.90 Å². The summed E-state index contributed by atoms with van der Waals surface area (Å²) in [5, 5.41) is 1.76. The molecular weight excluding hydrogens is 249 g/mol. The maximum Gasteiger partial charge on any atom is 0.318 e. The van der Waals surface area contributed by atoms with Crippen LogP contribution < -0.4 is 16.8 Å². The monoisotopic (exact) mass is 259 g/mol. The first-order valence-corrected chi connectivity index (χ1v) is 5.74. The van der Waals surface area contributed by atoms with Gasteiger partial charge in [0.05, 0.1) is 16.5 Å². The molecule has 0 saturated heterocycles. The van der Waals surface area contributed by atoms with Gasteiger partial charge in [-0.3, -0.25) is 14.3 Å². The van der Waals surface area contributed by atoms with Crippen LogP contribution in [0.15, 0.2) is 23.1 Å². The van der Waals surface area contributed by atoms with E-state index in [1.54, 1.807) is 5.32 Å². The van der Waals surface area contributed by atoms with E-state index in [0.717, 1.165) is 6.07 Å². The lowest BCUT2D eigenvalue weighted by molar-refractivity contribution is -0.117. The van der Waals surface area contributed by atoms with E-state index in [-0.39, 0.29) is 10.6 Å². The molecule has 6 nitrogen and oxygen atoms in total. The summed E-state index contributed by atoms with van der Waals surface area (Å²) < 4.78 is 24.6. The highest BCUT2D eigenvalue weighted by atomic mass is 32.2. The fourth-order valence-corrected chi connectivity index (χ4v) is 1.96. The summed E-state index contributed by atoms with van der Waals surface area (Å²) in [7, 11) is -1.76. The van der Waals surface area contributed by atoms with Crippen molar-refractivity contribution in [3.05, 3.63) is 24.0 Å². The lowest BCUT2D eigenvalue weighted by Crippen LogP contribution is -2.37. The number of nitrogens with one attached hydrogen (secondary N) is 1. The van der Waals surface area contributed by atoms with Crippen molar-refractivity contribution in [1.82, 2.24) is 5.32 Å². The first-order chi connectivity index (χ1) is 7.90. The van der Waals surface area contributed by atoms with Crippen molar-refractivity contribution in [3.63, 3.8) is 0 Å². The summed E-state index contributed by atoms with van der Waals surface area (Å²) in [4.78, 5) is 21.5. The van der Waals surface area contributed by atoms with E-state index in [2.05, 4.69) is 0 Å². The minimum Gasteiger partial charge on any atom is -0.396 e. The number of anilines is 1. The van der Waals surface area contributed by atoms with Gasteiger partial charge in [-0.1, -0.05) is 0 Å². The molecule has 5 N–H and O–H groups in total. The Morgan fingerprint density at radius 3 is 2.59 bits per heavy atom. The second-order valence-electron chi connectivity index (χ2n) is 3.09. The maximum atomic E-state index is 13.1. The number of halogens is 1. The molecule has 0 spiro atoms. The average Bonchev–Trinajstić information content (AvgIpc) is 2.20. The molecule has 0 saturated carbocycles. The van der Waals surface area contributed by atoms with Gasteiger partial charge in [0.1, 0.15) is 11.6 Å².